The van der Waals surface area contributed by atoms with E-state index in [2.05, 4.69) is 41.9 Å². The zero-order valence-corrected chi connectivity index (χ0v) is 22.8. The van der Waals surface area contributed by atoms with Gasteiger partial charge in [0.25, 0.3) is 0 Å². The van der Waals surface area contributed by atoms with Crippen LogP contribution in [0.15, 0.2) is 60.7 Å². The maximum Gasteiger partial charge on any atom is 0.224 e. The Labute approximate surface area is 224 Å². The monoisotopic (exact) mass is 515 g/mol. The number of nitrogens with one attached hydrogen (secondary N) is 1. The van der Waals surface area contributed by atoms with E-state index in [1.165, 1.54) is 11.1 Å². The highest BCUT2D eigenvalue weighted by Crippen LogP contribution is 2.27. The van der Waals surface area contributed by atoms with E-state index in [1.54, 1.807) is 14.2 Å². The lowest BCUT2D eigenvalue weighted by Crippen LogP contribution is -2.26. The number of aryl methyl sites for hydroxylation is 4. The number of carbonyl (C=O) groups is 1. The molecule has 0 atom stereocenters. The molecule has 1 aromatic heterocycles. The van der Waals surface area contributed by atoms with Crippen molar-refractivity contribution in [2.24, 2.45) is 0 Å². The number of carbonyl (C=O) groups excluding carboxylic acids is 1. The molecule has 0 fully saturated rings. The number of hydrogen-bond donors (Lipinski definition) is 1. The molecule has 200 valence electrons. The molecule has 1 N–H and O–H groups in total. The number of methoxy groups -OCH3 is 2. The van der Waals surface area contributed by atoms with E-state index in [-0.39, 0.29) is 5.91 Å². The van der Waals surface area contributed by atoms with E-state index in [9.17, 15) is 4.79 Å². The second-order valence-corrected chi connectivity index (χ2v) is 9.44. The topological polar surface area (TPSA) is 74.6 Å². The number of rotatable bonds is 13. The summed E-state index contributed by atoms with van der Waals surface area (Å²) in [5.41, 5.74) is 5.51. The van der Waals surface area contributed by atoms with Gasteiger partial charge in [-0.05, 0) is 79.8 Å². The molecule has 1 amide bonds. The second-order valence-electron chi connectivity index (χ2n) is 9.44. The maximum absolute atomic E-state index is 12.5. The second kappa shape index (κ2) is 13.0. The molecular formula is C31H37N3O4. The lowest BCUT2D eigenvalue weighted by molar-refractivity contribution is -0.120. The first-order chi connectivity index (χ1) is 18.5. The van der Waals surface area contributed by atoms with E-state index in [4.69, 9.17) is 19.2 Å². The summed E-state index contributed by atoms with van der Waals surface area (Å²) in [7, 11) is 3.19. The Bertz CT molecular complexity index is 1380. The third kappa shape index (κ3) is 6.85. The van der Waals surface area contributed by atoms with Crippen LogP contribution in [0.3, 0.4) is 0 Å². The van der Waals surface area contributed by atoms with E-state index in [1.807, 2.05) is 42.5 Å². The van der Waals surface area contributed by atoms with Crippen molar-refractivity contribution in [3.8, 4) is 17.2 Å². The van der Waals surface area contributed by atoms with Crippen LogP contribution in [0.1, 0.15) is 35.4 Å². The van der Waals surface area contributed by atoms with E-state index >= 15 is 0 Å². The first-order valence-electron chi connectivity index (χ1n) is 13.1. The minimum Gasteiger partial charge on any atom is -0.494 e. The Morgan fingerprint density at radius 3 is 2.53 bits per heavy atom. The molecule has 0 aliphatic carbocycles. The van der Waals surface area contributed by atoms with Crippen molar-refractivity contribution in [3.05, 3.63) is 83.2 Å². The summed E-state index contributed by atoms with van der Waals surface area (Å²) < 4.78 is 18.9. The molecule has 4 aromatic rings. The van der Waals surface area contributed by atoms with Crippen LogP contribution in [0.4, 0.5) is 0 Å². The Morgan fingerprint density at radius 2 is 1.74 bits per heavy atom. The van der Waals surface area contributed by atoms with Crippen molar-refractivity contribution in [3.63, 3.8) is 0 Å². The number of amides is 1. The highest BCUT2D eigenvalue weighted by atomic mass is 16.5. The van der Waals surface area contributed by atoms with Gasteiger partial charge in [0, 0.05) is 19.5 Å². The van der Waals surface area contributed by atoms with Crippen LogP contribution in [0.2, 0.25) is 0 Å². The molecule has 3 aromatic carbocycles. The Balaban J connectivity index is 1.29. The molecule has 7 heteroatoms. The first kappa shape index (κ1) is 27.0. The lowest BCUT2D eigenvalue weighted by Gasteiger charge is -2.12. The molecule has 0 radical (unpaired) electrons. The number of aromatic nitrogens is 2. The van der Waals surface area contributed by atoms with Crippen LogP contribution in [-0.2, 0) is 24.2 Å². The molecule has 1 heterocycles. The fourth-order valence-corrected chi connectivity index (χ4v) is 4.49. The molecular weight excluding hydrogens is 478 g/mol. The van der Waals surface area contributed by atoms with Gasteiger partial charge in [-0.2, -0.15) is 0 Å². The first-order valence-corrected chi connectivity index (χ1v) is 13.1. The minimum absolute atomic E-state index is 0.0192. The van der Waals surface area contributed by atoms with Crippen LogP contribution in [0.25, 0.3) is 11.0 Å². The highest BCUT2D eigenvalue weighted by Gasteiger charge is 2.12. The highest BCUT2D eigenvalue weighted by molar-refractivity contribution is 5.79. The molecule has 0 saturated carbocycles. The van der Waals surface area contributed by atoms with Gasteiger partial charge in [0.15, 0.2) is 11.5 Å². The van der Waals surface area contributed by atoms with Gasteiger partial charge < -0.3 is 24.1 Å². The molecule has 0 unspecified atom stereocenters. The molecule has 0 aliphatic heterocycles. The van der Waals surface area contributed by atoms with Gasteiger partial charge in [0.05, 0.1) is 38.3 Å². The largest absolute Gasteiger partial charge is 0.494 e. The number of para-hydroxylation sites is 2. The normalized spacial score (nSPS) is 10.9. The van der Waals surface area contributed by atoms with Crippen molar-refractivity contribution in [2.45, 2.75) is 46.1 Å². The van der Waals surface area contributed by atoms with Gasteiger partial charge in [-0.25, -0.2) is 4.98 Å². The fraction of sp³-hybridized carbons (Fsp3) is 0.355. The standard InChI is InChI=1S/C31H37N3O4/c1-22-12-14-25(19-23(22)2)38-18-8-17-34-27-10-6-5-9-26(27)33-30(34)11-7-16-32-31(35)21-24-13-15-28(36-3)29(20-24)37-4/h5-6,9-10,12-15,19-20H,7-8,11,16-18,21H2,1-4H3,(H,32,35). The molecule has 4 rings (SSSR count). The van der Waals surface area contributed by atoms with E-state index < -0.39 is 0 Å². The van der Waals surface area contributed by atoms with Crippen molar-refractivity contribution in [1.29, 1.82) is 0 Å². The molecule has 0 aliphatic rings. The zero-order chi connectivity index (χ0) is 26.9. The summed E-state index contributed by atoms with van der Waals surface area (Å²) >= 11 is 0. The van der Waals surface area contributed by atoms with Crippen molar-refractivity contribution in [2.75, 3.05) is 27.4 Å². The molecule has 38 heavy (non-hydrogen) atoms. The van der Waals surface area contributed by atoms with Crippen LogP contribution in [0.5, 0.6) is 17.2 Å². The fourth-order valence-electron chi connectivity index (χ4n) is 4.49. The average molecular weight is 516 g/mol. The van der Waals surface area contributed by atoms with Crippen molar-refractivity contribution in [1.82, 2.24) is 14.9 Å². The van der Waals surface area contributed by atoms with Gasteiger partial charge in [0.2, 0.25) is 5.91 Å². The number of ether oxygens (including phenoxy) is 3. The van der Waals surface area contributed by atoms with Gasteiger partial charge >= 0.3 is 0 Å². The molecule has 0 saturated heterocycles. The maximum atomic E-state index is 12.5. The van der Waals surface area contributed by atoms with Crippen LogP contribution >= 0.6 is 0 Å². The van der Waals surface area contributed by atoms with E-state index in [0.29, 0.717) is 31.1 Å². The molecule has 7 nitrogen and oxygen atoms in total. The average Bonchev–Trinajstić information content (AvgIpc) is 3.28. The number of benzene rings is 3. The molecule has 0 bridgehead atoms. The number of imidazole rings is 1. The SMILES string of the molecule is COc1ccc(CC(=O)NCCCc2nc3ccccc3n2CCCOc2ccc(C)c(C)c2)cc1OC. The minimum atomic E-state index is -0.0192. The van der Waals surface area contributed by atoms with Gasteiger partial charge in [0.1, 0.15) is 11.6 Å². The predicted molar refractivity (Wildman–Crippen MR) is 150 cm³/mol. The third-order valence-corrected chi connectivity index (χ3v) is 6.72. The van der Waals surface area contributed by atoms with Gasteiger partial charge in [-0.1, -0.05) is 24.3 Å². The number of nitrogens with zero attached hydrogens (tertiary/aromatic N) is 2. The smallest absolute Gasteiger partial charge is 0.224 e. The number of fused-ring (bicyclic) bond motifs is 1. The Morgan fingerprint density at radius 1 is 0.921 bits per heavy atom. The zero-order valence-electron chi connectivity index (χ0n) is 22.8. The Kier molecular flexibility index (Phi) is 9.25. The quantitative estimate of drug-likeness (QED) is 0.240. The van der Waals surface area contributed by atoms with Crippen molar-refractivity contribution < 1.29 is 19.0 Å². The predicted octanol–water partition coefficient (Wildman–Crippen LogP) is 5.43. The number of hydrogen-bond acceptors (Lipinski definition) is 5. The summed E-state index contributed by atoms with van der Waals surface area (Å²) in [5, 5.41) is 3.03. The third-order valence-electron chi connectivity index (χ3n) is 6.72. The summed E-state index contributed by atoms with van der Waals surface area (Å²) in [6.07, 6.45) is 2.76. The van der Waals surface area contributed by atoms with Crippen molar-refractivity contribution >= 4 is 16.9 Å². The van der Waals surface area contributed by atoms with Crippen LogP contribution < -0.4 is 19.5 Å². The summed E-state index contributed by atoms with van der Waals surface area (Å²) in [6.45, 7) is 6.26. The lowest BCUT2D eigenvalue weighted by atomic mass is 10.1. The van der Waals surface area contributed by atoms with Crippen LogP contribution in [-0.4, -0.2) is 42.8 Å². The summed E-state index contributed by atoms with van der Waals surface area (Å²) in [4.78, 5) is 17.4. The Hall–Kier alpha value is -4.00. The van der Waals surface area contributed by atoms with Gasteiger partial charge in [-0.3, -0.25) is 4.79 Å². The van der Waals surface area contributed by atoms with E-state index in [0.717, 1.165) is 54.0 Å². The van der Waals surface area contributed by atoms with Gasteiger partial charge in [-0.15, -0.1) is 0 Å². The summed E-state index contributed by atoms with van der Waals surface area (Å²) in [6, 6.07) is 20.0. The summed E-state index contributed by atoms with van der Waals surface area (Å²) in [5.74, 6) is 3.20. The molecule has 0 spiro atoms. The van der Waals surface area contributed by atoms with Crippen LogP contribution in [0, 0.1) is 13.8 Å².